The summed E-state index contributed by atoms with van der Waals surface area (Å²) in [5, 5.41) is 0.596. The molecule has 0 amide bonds. The Bertz CT molecular complexity index is 569. The summed E-state index contributed by atoms with van der Waals surface area (Å²) in [6, 6.07) is 5.47. The van der Waals surface area contributed by atoms with Gasteiger partial charge in [-0.1, -0.05) is 11.6 Å². The second kappa shape index (κ2) is 4.89. The molecular formula is C10H10ClNO3S2. The summed E-state index contributed by atoms with van der Waals surface area (Å²) in [6.07, 6.45) is 2.84. The van der Waals surface area contributed by atoms with E-state index in [0.717, 1.165) is 22.5 Å². The quantitative estimate of drug-likeness (QED) is 0.866. The zero-order valence-electron chi connectivity index (χ0n) is 8.94. The van der Waals surface area contributed by atoms with E-state index in [1.54, 1.807) is 23.9 Å². The molecule has 92 valence electrons. The fourth-order valence-corrected chi connectivity index (χ4v) is 2.71. The molecule has 0 fully saturated rings. The number of halogens is 1. The van der Waals surface area contributed by atoms with E-state index in [-0.39, 0.29) is 0 Å². The minimum absolute atomic E-state index is 0.596. The van der Waals surface area contributed by atoms with E-state index in [0.29, 0.717) is 10.7 Å². The summed E-state index contributed by atoms with van der Waals surface area (Å²) in [6.45, 7) is 0. The van der Waals surface area contributed by atoms with Gasteiger partial charge in [-0.25, -0.2) is 5.48 Å². The minimum Gasteiger partial charge on any atom is -0.249 e. The molecule has 0 aliphatic carbocycles. The Morgan fingerprint density at radius 3 is 2.94 bits per heavy atom. The van der Waals surface area contributed by atoms with E-state index in [4.69, 9.17) is 11.6 Å². The van der Waals surface area contributed by atoms with Crippen molar-refractivity contribution in [3.8, 4) is 0 Å². The van der Waals surface area contributed by atoms with Crippen molar-refractivity contribution in [1.29, 1.82) is 0 Å². The third kappa shape index (κ3) is 3.38. The molecule has 0 unspecified atom stereocenters. The van der Waals surface area contributed by atoms with Gasteiger partial charge in [-0.3, -0.25) is 0 Å². The largest absolute Gasteiger partial charge is 0.284 e. The van der Waals surface area contributed by atoms with Crippen molar-refractivity contribution in [3.63, 3.8) is 0 Å². The first-order valence-corrected chi connectivity index (χ1v) is 7.91. The van der Waals surface area contributed by atoms with E-state index in [2.05, 4.69) is 9.76 Å². The zero-order valence-corrected chi connectivity index (χ0v) is 11.3. The van der Waals surface area contributed by atoms with Crippen molar-refractivity contribution >= 4 is 39.2 Å². The summed E-state index contributed by atoms with van der Waals surface area (Å²) >= 11 is 7.56. The lowest BCUT2D eigenvalue weighted by molar-refractivity contribution is 0.261. The molecule has 1 heterocycles. The van der Waals surface area contributed by atoms with Crippen LogP contribution in [0.2, 0.25) is 5.02 Å². The van der Waals surface area contributed by atoms with Gasteiger partial charge in [-0.15, -0.1) is 11.8 Å². The zero-order chi connectivity index (χ0) is 12.5. The monoisotopic (exact) mass is 291 g/mol. The molecule has 0 spiro atoms. The van der Waals surface area contributed by atoms with Gasteiger partial charge in [-0.05, 0) is 24.3 Å². The number of hydrogen-bond donors (Lipinski definition) is 1. The third-order valence-electron chi connectivity index (χ3n) is 2.06. The topological polar surface area (TPSA) is 55.4 Å². The van der Waals surface area contributed by atoms with Crippen molar-refractivity contribution in [2.45, 2.75) is 4.90 Å². The Kier molecular flexibility index (Phi) is 3.67. The van der Waals surface area contributed by atoms with Crippen LogP contribution >= 0.6 is 23.4 Å². The normalized spacial score (nSPS) is 15.1. The van der Waals surface area contributed by atoms with Crippen molar-refractivity contribution in [1.82, 2.24) is 5.48 Å². The van der Waals surface area contributed by atoms with Gasteiger partial charge in [0.2, 0.25) is 0 Å². The van der Waals surface area contributed by atoms with Gasteiger partial charge in [-0.2, -0.15) is 12.7 Å². The highest BCUT2D eigenvalue weighted by Gasteiger charge is 2.15. The average Bonchev–Trinajstić information content (AvgIpc) is 2.25. The Balaban J connectivity index is 2.26. The summed E-state index contributed by atoms with van der Waals surface area (Å²) < 4.78 is 26.4. The number of benzene rings is 1. The fraction of sp³-hybridized carbons (Fsp3) is 0.200. The summed E-state index contributed by atoms with van der Waals surface area (Å²) in [5.41, 5.74) is 3.91. The lowest BCUT2D eigenvalue weighted by Crippen LogP contribution is -2.19. The van der Waals surface area contributed by atoms with Gasteiger partial charge in [0, 0.05) is 21.2 Å². The summed E-state index contributed by atoms with van der Waals surface area (Å²) in [5.74, 6) is 0.754. The smallest absolute Gasteiger partial charge is 0.249 e. The lowest BCUT2D eigenvalue weighted by Gasteiger charge is -2.17. The maximum absolute atomic E-state index is 10.9. The molecule has 1 N–H and O–H groups in total. The highest BCUT2D eigenvalue weighted by Crippen LogP contribution is 2.33. The molecule has 2 rings (SSSR count). The van der Waals surface area contributed by atoms with Crippen LogP contribution in [0.5, 0.6) is 0 Å². The molecule has 7 heteroatoms. The number of hydroxylamine groups is 1. The van der Waals surface area contributed by atoms with E-state index >= 15 is 0 Å². The molecule has 1 aliphatic rings. The Hall–Kier alpha value is -0.690. The first kappa shape index (κ1) is 12.8. The Labute approximate surface area is 109 Å². The predicted molar refractivity (Wildman–Crippen MR) is 69.2 cm³/mol. The number of nitrogens with one attached hydrogen (secondary N) is 1. The van der Waals surface area contributed by atoms with Crippen molar-refractivity contribution in [3.05, 3.63) is 34.9 Å². The molecule has 0 atom stereocenters. The number of thioether (sulfide) groups is 1. The average molecular weight is 292 g/mol. The number of hydrogen-bond acceptors (Lipinski definition) is 5. The predicted octanol–water partition coefficient (Wildman–Crippen LogP) is 2.27. The van der Waals surface area contributed by atoms with Crippen LogP contribution in [0.25, 0.3) is 5.70 Å². The van der Waals surface area contributed by atoms with Crippen LogP contribution in [0.4, 0.5) is 0 Å². The van der Waals surface area contributed by atoms with Crippen molar-refractivity contribution in [2.24, 2.45) is 0 Å². The minimum atomic E-state index is -3.53. The van der Waals surface area contributed by atoms with Crippen molar-refractivity contribution in [2.75, 3.05) is 12.0 Å². The third-order valence-corrected chi connectivity index (χ3v) is 3.68. The van der Waals surface area contributed by atoms with Gasteiger partial charge in [0.25, 0.3) is 10.1 Å². The Morgan fingerprint density at radius 1 is 1.47 bits per heavy atom. The van der Waals surface area contributed by atoms with Gasteiger partial charge in [0.05, 0.1) is 12.0 Å². The second-order valence-corrected chi connectivity index (χ2v) is 6.53. The maximum Gasteiger partial charge on any atom is 0.284 e. The molecule has 0 radical (unpaired) electrons. The van der Waals surface area contributed by atoms with Crippen LogP contribution in [-0.2, 0) is 14.4 Å². The number of fused-ring (bicyclic) bond motifs is 1. The molecular weight excluding hydrogens is 282 g/mol. The summed E-state index contributed by atoms with van der Waals surface area (Å²) in [7, 11) is -3.53. The van der Waals surface area contributed by atoms with Crippen LogP contribution < -0.4 is 5.48 Å². The molecule has 4 nitrogen and oxygen atoms in total. The standard InChI is InChI=1S/C10H10ClNO3S2/c1-17(13,14)15-12-9-4-5-16-10-3-2-7(11)6-8(9)10/h2-4,6,12H,5H2,1H3. The molecule has 0 saturated heterocycles. The van der Waals surface area contributed by atoms with Gasteiger partial charge >= 0.3 is 0 Å². The molecule has 0 bridgehead atoms. The van der Waals surface area contributed by atoms with Crippen LogP contribution in [-0.4, -0.2) is 20.4 Å². The second-order valence-electron chi connectivity index (χ2n) is 3.46. The lowest BCUT2D eigenvalue weighted by atomic mass is 10.1. The SMILES string of the molecule is CS(=O)(=O)ONC1=CCSc2ccc(Cl)cc21. The molecule has 1 aromatic carbocycles. The van der Waals surface area contributed by atoms with E-state index < -0.39 is 10.1 Å². The van der Waals surface area contributed by atoms with Crippen molar-refractivity contribution < 1.29 is 12.7 Å². The molecule has 0 saturated carbocycles. The molecule has 1 aromatic rings. The first-order chi connectivity index (χ1) is 7.96. The maximum atomic E-state index is 10.9. The molecule has 17 heavy (non-hydrogen) atoms. The first-order valence-electron chi connectivity index (χ1n) is 4.73. The van der Waals surface area contributed by atoms with E-state index in [9.17, 15) is 8.42 Å². The van der Waals surface area contributed by atoms with Crippen LogP contribution in [0.15, 0.2) is 29.2 Å². The van der Waals surface area contributed by atoms with Gasteiger partial charge in [0.1, 0.15) is 0 Å². The van der Waals surface area contributed by atoms with Crippen LogP contribution in [0, 0.1) is 0 Å². The van der Waals surface area contributed by atoms with E-state index in [1.165, 1.54) is 0 Å². The van der Waals surface area contributed by atoms with Gasteiger partial charge < -0.3 is 0 Å². The van der Waals surface area contributed by atoms with Gasteiger partial charge in [0.15, 0.2) is 0 Å². The van der Waals surface area contributed by atoms with Crippen LogP contribution in [0.3, 0.4) is 0 Å². The Morgan fingerprint density at radius 2 is 2.24 bits per heavy atom. The fourth-order valence-electron chi connectivity index (χ4n) is 1.38. The van der Waals surface area contributed by atoms with Crippen LogP contribution in [0.1, 0.15) is 5.56 Å². The van der Waals surface area contributed by atoms with E-state index in [1.807, 2.05) is 12.1 Å². The highest BCUT2D eigenvalue weighted by atomic mass is 35.5. The summed E-state index contributed by atoms with van der Waals surface area (Å²) in [4.78, 5) is 1.04. The highest BCUT2D eigenvalue weighted by molar-refractivity contribution is 7.99. The molecule has 1 aliphatic heterocycles. The molecule has 0 aromatic heterocycles. The number of rotatable bonds is 3.